The number of pyridine rings is 1. The number of aromatic hydroxyl groups is 1. The van der Waals surface area contributed by atoms with Crippen LogP contribution in [0.2, 0.25) is 0 Å². The van der Waals surface area contributed by atoms with Gasteiger partial charge in [-0.05, 0) is 19.1 Å². The quantitative estimate of drug-likeness (QED) is 0.588. The summed E-state index contributed by atoms with van der Waals surface area (Å²) >= 11 is 0. The van der Waals surface area contributed by atoms with Crippen molar-refractivity contribution in [3.63, 3.8) is 0 Å². The van der Waals surface area contributed by atoms with Crippen molar-refractivity contribution < 1.29 is 10.2 Å². The highest BCUT2D eigenvalue weighted by Gasteiger charge is 2.12. The fourth-order valence-corrected chi connectivity index (χ4v) is 0.842. The van der Waals surface area contributed by atoms with Crippen LogP contribution in [0.15, 0.2) is 18.3 Å². The van der Waals surface area contributed by atoms with Gasteiger partial charge in [0.25, 0.3) is 0 Å². The molecule has 0 bridgehead atoms. The first-order chi connectivity index (χ1) is 5.61. The number of nitrogens with zero attached hydrogens (tertiary/aromatic N) is 1. The van der Waals surface area contributed by atoms with Crippen molar-refractivity contribution in [1.82, 2.24) is 4.98 Å². The molecule has 4 nitrogen and oxygen atoms in total. The van der Waals surface area contributed by atoms with E-state index in [1.807, 2.05) is 0 Å². The van der Waals surface area contributed by atoms with Crippen molar-refractivity contribution >= 4 is 0 Å². The van der Waals surface area contributed by atoms with Gasteiger partial charge in [-0.3, -0.25) is 4.98 Å². The fourth-order valence-electron chi connectivity index (χ4n) is 0.842. The number of hydrogen-bond acceptors (Lipinski definition) is 4. The van der Waals surface area contributed by atoms with E-state index in [1.165, 1.54) is 12.3 Å². The second-order valence-corrected chi connectivity index (χ2v) is 2.71. The van der Waals surface area contributed by atoms with Gasteiger partial charge in [0.2, 0.25) is 0 Å². The van der Waals surface area contributed by atoms with Crippen LogP contribution in [0.1, 0.15) is 18.7 Å². The molecule has 0 amide bonds. The Balaban J connectivity index is 2.82. The van der Waals surface area contributed by atoms with Gasteiger partial charge in [0.1, 0.15) is 5.75 Å². The van der Waals surface area contributed by atoms with E-state index in [0.717, 1.165) is 0 Å². The van der Waals surface area contributed by atoms with E-state index in [0.29, 0.717) is 5.69 Å². The minimum absolute atomic E-state index is 0.0940. The Morgan fingerprint density at radius 1 is 1.50 bits per heavy atom. The molecule has 2 atom stereocenters. The monoisotopic (exact) mass is 168 g/mol. The van der Waals surface area contributed by atoms with E-state index in [2.05, 4.69) is 4.98 Å². The van der Waals surface area contributed by atoms with Gasteiger partial charge in [-0.15, -0.1) is 0 Å². The highest BCUT2D eigenvalue weighted by Crippen LogP contribution is 2.13. The summed E-state index contributed by atoms with van der Waals surface area (Å²) in [5.74, 6) is 0.0940. The number of aliphatic hydroxyl groups is 1. The summed E-state index contributed by atoms with van der Waals surface area (Å²) in [5, 5.41) is 18.0. The highest BCUT2D eigenvalue weighted by molar-refractivity contribution is 5.20. The molecule has 0 aliphatic carbocycles. The van der Waals surface area contributed by atoms with Crippen LogP contribution in [0.5, 0.6) is 5.75 Å². The standard InChI is InChI=1S/C8H12N2O2/c1-5(11)8(9)7-3-2-6(12)4-10-7/h2-5,8,11-12H,9H2,1H3/t5-,8+/m0/s1. The van der Waals surface area contributed by atoms with Crippen molar-refractivity contribution in [3.8, 4) is 5.75 Å². The number of nitrogens with two attached hydrogens (primary N) is 1. The summed E-state index contributed by atoms with van der Waals surface area (Å²) in [4.78, 5) is 3.86. The second-order valence-electron chi connectivity index (χ2n) is 2.71. The maximum absolute atomic E-state index is 9.12. The van der Waals surface area contributed by atoms with Gasteiger partial charge in [0, 0.05) is 0 Å². The lowest BCUT2D eigenvalue weighted by molar-refractivity contribution is 0.162. The molecule has 0 aliphatic rings. The lowest BCUT2D eigenvalue weighted by Crippen LogP contribution is -2.23. The molecule has 1 heterocycles. The number of hydrogen-bond donors (Lipinski definition) is 3. The van der Waals surface area contributed by atoms with E-state index < -0.39 is 12.1 Å². The van der Waals surface area contributed by atoms with E-state index in [4.69, 9.17) is 15.9 Å². The van der Waals surface area contributed by atoms with Crippen LogP contribution in [-0.4, -0.2) is 21.3 Å². The Bertz CT molecular complexity index is 246. The molecule has 66 valence electrons. The van der Waals surface area contributed by atoms with Gasteiger partial charge < -0.3 is 15.9 Å². The zero-order valence-corrected chi connectivity index (χ0v) is 6.81. The van der Waals surface area contributed by atoms with Gasteiger partial charge in [0.05, 0.1) is 24.0 Å². The predicted molar refractivity (Wildman–Crippen MR) is 44.5 cm³/mol. The molecule has 1 aromatic rings. The smallest absolute Gasteiger partial charge is 0.133 e. The molecular formula is C8H12N2O2. The first kappa shape index (κ1) is 8.96. The average Bonchev–Trinajstić information content (AvgIpc) is 2.04. The summed E-state index contributed by atoms with van der Waals surface area (Å²) in [7, 11) is 0. The van der Waals surface area contributed by atoms with Crippen molar-refractivity contribution in [3.05, 3.63) is 24.0 Å². The first-order valence-electron chi connectivity index (χ1n) is 3.70. The molecule has 12 heavy (non-hydrogen) atoms. The molecule has 0 aromatic carbocycles. The van der Waals surface area contributed by atoms with Crippen LogP contribution in [0, 0.1) is 0 Å². The third-order valence-corrected chi connectivity index (χ3v) is 1.63. The Morgan fingerprint density at radius 3 is 2.58 bits per heavy atom. The summed E-state index contributed by atoms with van der Waals surface area (Å²) in [6.07, 6.45) is 0.666. The van der Waals surface area contributed by atoms with Crippen LogP contribution >= 0.6 is 0 Å². The van der Waals surface area contributed by atoms with Crippen LogP contribution in [-0.2, 0) is 0 Å². The molecule has 1 rings (SSSR count). The summed E-state index contributed by atoms with van der Waals surface area (Å²) in [6.45, 7) is 1.60. The Hall–Kier alpha value is -1.13. The van der Waals surface area contributed by atoms with Crippen molar-refractivity contribution in [1.29, 1.82) is 0 Å². The Labute approximate surface area is 70.7 Å². The minimum atomic E-state index is -0.637. The third-order valence-electron chi connectivity index (χ3n) is 1.63. The molecule has 0 unspecified atom stereocenters. The molecular weight excluding hydrogens is 156 g/mol. The normalized spacial score (nSPS) is 15.6. The lowest BCUT2D eigenvalue weighted by atomic mass is 10.1. The molecule has 0 spiro atoms. The van der Waals surface area contributed by atoms with Crippen LogP contribution in [0.3, 0.4) is 0 Å². The van der Waals surface area contributed by atoms with Gasteiger partial charge in [-0.1, -0.05) is 0 Å². The molecule has 0 saturated carbocycles. The number of rotatable bonds is 2. The first-order valence-corrected chi connectivity index (χ1v) is 3.70. The molecule has 0 saturated heterocycles. The molecule has 0 radical (unpaired) electrons. The summed E-state index contributed by atoms with van der Waals surface area (Å²) in [6, 6.07) is 2.59. The number of aliphatic hydroxyl groups excluding tert-OH is 1. The maximum atomic E-state index is 9.12. The van der Waals surface area contributed by atoms with Crippen molar-refractivity contribution in [2.75, 3.05) is 0 Å². The van der Waals surface area contributed by atoms with E-state index in [9.17, 15) is 0 Å². The van der Waals surface area contributed by atoms with Crippen LogP contribution in [0.25, 0.3) is 0 Å². The summed E-state index contributed by atoms with van der Waals surface area (Å²) < 4.78 is 0. The van der Waals surface area contributed by atoms with Crippen molar-refractivity contribution in [2.45, 2.75) is 19.1 Å². The molecule has 0 fully saturated rings. The van der Waals surface area contributed by atoms with Crippen LogP contribution in [0.4, 0.5) is 0 Å². The second kappa shape index (κ2) is 3.51. The predicted octanol–water partition coefficient (Wildman–Crippen LogP) is 0.168. The minimum Gasteiger partial charge on any atom is -0.506 e. The lowest BCUT2D eigenvalue weighted by Gasteiger charge is -2.13. The zero-order chi connectivity index (χ0) is 9.14. The van der Waals surface area contributed by atoms with Gasteiger partial charge in [-0.2, -0.15) is 0 Å². The SMILES string of the molecule is C[C@H](O)[C@@H](N)c1ccc(O)cn1. The molecule has 1 aromatic heterocycles. The van der Waals surface area contributed by atoms with Crippen LogP contribution < -0.4 is 5.73 Å². The van der Waals surface area contributed by atoms with E-state index >= 15 is 0 Å². The largest absolute Gasteiger partial charge is 0.506 e. The highest BCUT2D eigenvalue weighted by atomic mass is 16.3. The van der Waals surface area contributed by atoms with Gasteiger partial charge in [0.15, 0.2) is 0 Å². The molecule has 4 N–H and O–H groups in total. The van der Waals surface area contributed by atoms with Gasteiger partial charge >= 0.3 is 0 Å². The molecule has 0 aliphatic heterocycles. The maximum Gasteiger partial charge on any atom is 0.133 e. The van der Waals surface area contributed by atoms with E-state index in [1.54, 1.807) is 13.0 Å². The fraction of sp³-hybridized carbons (Fsp3) is 0.375. The van der Waals surface area contributed by atoms with E-state index in [-0.39, 0.29) is 5.75 Å². The summed E-state index contributed by atoms with van der Waals surface area (Å²) in [5.41, 5.74) is 6.17. The Morgan fingerprint density at radius 2 is 2.17 bits per heavy atom. The third kappa shape index (κ3) is 1.93. The Kier molecular flexibility index (Phi) is 2.62. The molecule has 4 heteroatoms. The van der Waals surface area contributed by atoms with Crippen molar-refractivity contribution in [2.24, 2.45) is 5.73 Å². The van der Waals surface area contributed by atoms with Gasteiger partial charge in [-0.25, -0.2) is 0 Å². The average molecular weight is 168 g/mol. The zero-order valence-electron chi connectivity index (χ0n) is 6.81. The topological polar surface area (TPSA) is 79.4 Å². The number of aromatic nitrogens is 1.